The first-order valence-electron chi connectivity index (χ1n) is 11.2. The van der Waals surface area contributed by atoms with Gasteiger partial charge in [-0.25, -0.2) is 9.07 Å². The Morgan fingerprint density at radius 3 is 1.41 bits per heavy atom. The number of hydrogen-bond acceptors (Lipinski definition) is 5. The molecule has 0 radical (unpaired) electrons. The van der Waals surface area contributed by atoms with E-state index in [9.17, 15) is 8.42 Å². The summed E-state index contributed by atoms with van der Waals surface area (Å²) < 4.78 is 30.3. The average molecular weight is 409 g/mol. The van der Waals surface area contributed by atoms with E-state index in [-0.39, 0.29) is 6.10 Å². The molecule has 5 nitrogen and oxygen atoms in total. The van der Waals surface area contributed by atoms with Gasteiger partial charge in [-0.05, 0) is 13.3 Å². The highest BCUT2D eigenvalue weighted by atomic mass is 32.3. The van der Waals surface area contributed by atoms with Gasteiger partial charge in [-0.15, -0.1) is 0 Å². The molecule has 0 aromatic carbocycles. The molecule has 164 valence electrons. The van der Waals surface area contributed by atoms with Crippen molar-refractivity contribution in [2.45, 2.75) is 129 Å². The van der Waals surface area contributed by atoms with Gasteiger partial charge in [0.1, 0.15) is 0 Å². The molecule has 0 saturated heterocycles. The van der Waals surface area contributed by atoms with Gasteiger partial charge >= 0.3 is 10.4 Å². The average Bonchev–Trinajstić information content (AvgIpc) is 2.66. The topological polar surface area (TPSA) is 61.8 Å². The third-order valence-electron chi connectivity index (χ3n) is 4.96. The van der Waals surface area contributed by atoms with Gasteiger partial charge in [0.05, 0.1) is 13.2 Å². The van der Waals surface area contributed by atoms with E-state index in [0.29, 0.717) is 0 Å². The quantitative estimate of drug-likeness (QED) is 0.118. The molecule has 0 bridgehead atoms. The smallest absolute Gasteiger partial charge is 0.250 e. The van der Waals surface area contributed by atoms with Crippen molar-refractivity contribution in [1.82, 2.24) is 0 Å². The second kappa shape index (κ2) is 19.2. The number of unbranched alkanes of at least 4 members (excludes halogenated alkanes) is 15. The first-order chi connectivity index (χ1) is 13.0. The Labute approximate surface area is 168 Å². The molecule has 0 amide bonds. The van der Waals surface area contributed by atoms with E-state index in [0.717, 1.165) is 26.4 Å². The van der Waals surface area contributed by atoms with Crippen LogP contribution in [0.4, 0.5) is 0 Å². The van der Waals surface area contributed by atoms with Crippen molar-refractivity contribution in [1.29, 1.82) is 0 Å². The summed E-state index contributed by atoms with van der Waals surface area (Å²) in [5.74, 6) is 0. The molecule has 27 heavy (non-hydrogen) atoms. The van der Waals surface area contributed by atoms with Crippen molar-refractivity contribution in [3.05, 3.63) is 0 Å². The predicted octanol–water partition coefficient (Wildman–Crippen LogP) is 6.87. The van der Waals surface area contributed by atoms with E-state index >= 15 is 0 Å². The van der Waals surface area contributed by atoms with Crippen molar-refractivity contribution < 1.29 is 21.8 Å². The van der Waals surface area contributed by atoms with Crippen LogP contribution in [0.2, 0.25) is 0 Å². The molecule has 0 heterocycles. The van der Waals surface area contributed by atoms with Gasteiger partial charge in [0.2, 0.25) is 0 Å². The van der Waals surface area contributed by atoms with E-state index in [1.165, 1.54) is 89.9 Å². The maximum absolute atomic E-state index is 11.0. The summed E-state index contributed by atoms with van der Waals surface area (Å²) in [6, 6.07) is 0. The number of hydrogen-bond donors (Lipinski definition) is 0. The van der Waals surface area contributed by atoms with Crippen LogP contribution < -0.4 is 0 Å². The summed E-state index contributed by atoms with van der Waals surface area (Å²) >= 11 is 0. The Morgan fingerprint density at radius 1 is 0.667 bits per heavy atom. The molecule has 0 rings (SSSR count). The lowest BCUT2D eigenvalue weighted by molar-refractivity contribution is -0.243. The van der Waals surface area contributed by atoms with E-state index in [1.54, 1.807) is 6.92 Å². The van der Waals surface area contributed by atoms with E-state index in [4.69, 9.17) is 4.89 Å². The Hall–Kier alpha value is -0.170. The van der Waals surface area contributed by atoms with Crippen molar-refractivity contribution >= 4 is 10.4 Å². The molecule has 1 unspecified atom stereocenters. The van der Waals surface area contributed by atoms with Crippen LogP contribution in [-0.4, -0.2) is 21.6 Å². The van der Waals surface area contributed by atoms with Crippen LogP contribution in [0.5, 0.6) is 0 Å². The van der Waals surface area contributed by atoms with Crippen LogP contribution in [0.25, 0.3) is 0 Å². The summed E-state index contributed by atoms with van der Waals surface area (Å²) in [6.07, 6.45) is 22.0. The Balaban J connectivity index is 3.20. The second-order valence-electron chi connectivity index (χ2n) is 7.64. The van der Waals surface area contributed by atoms with Gasteiger partial charge < -0.3 is 0 Å². The second-order valence-corrected chi connectivity index (χ2v) is 8.93. The van der Waals surface area contributed by atoms with Crippen molar-refractivity contribution in [2.24, 2.45) is 0 Å². The zero-order chi connectivity index (χ0) is 20.2. The summed E-state index contributed by atoms with van der Waals surface area (Å²) in [6.45, 7) is 4.07. The summed E-state index contributed by atoms with van der Waals surface area (Å²) in [7, 11) is -2.96. The standard InChI is InChI=1S/C21H44O5S/c1-4-5-6-7-8-9-10-11-12-13-14-15-16-17-18-19-20-21(2)25-26-27(22,23)24-3/h21H,4-20H2,1-3H3. The molecule has 0 aliphatic carbocycles. The lowest BCUT2D eigenvalue weighted by Crippen LogP contribution is -2.14. The van der Waals surface area contributed by atoms with Crippen molar-refractivity contribution in [3.63, 3.8) is 0 Å². The van der Waals surface area contributed by atoms with E-state index < -0.39 is 10.4 Å². The van der Waals surface area contributed by atoms with Gasteiger partial charge in [-0.1, -0.05) is 114 Å². The normalized spacial score (nSPS) is 13.1. The molecule has 0 spiro atoms. The first kappa shape index (κ1) is 26.8. The minimum atomic E-state index is -4.00. The first-order valence-corrected chi connectivity index (χ1v) is 12.5. The predicted molar refractivity (Wildman–Crippen MR) is 112 cm³/mol. The van der Waals surface area contributed by atoms with Crippen molar-refractivity contribution in [3.8, 4) is 0 Å². The molecule has 0 N–H and O–H groups in total. The van der Waals surface area contributed by atoms with Gasteiger partial charge in [0.25, 0.3) is 0 Å². The van der Waals surface area contributed by atoms with Gasteiger partial charge in [-0.3, -0.25) is 0 Å². The lowest BCUT2D eigenvalue weighted by Gasteiger charge is -2.10. The molecular weight excluding hydrogens is 364 g/mol. The van der Waals surface area contributed by atoms with Crippen LogP contribution in [0.15, 0.2) is 0 Å². The molecule has 0 aliphatic rings. The third-order valence-corrected chi connectivity index (χ3v) is 5.61. The molecule has 0 fully saturated rings. The minimum absolute atomic E-state index is 0.249. The lowest BCUT2D eigenvalue weighted by atomic mass is 10.0. The monoisotopic (exact) mass is 408 g/mol. The summed E-state index contributed by atoms with van der Waals surface area (Å²) in [4.78, 5) is 4.81. The largest absolute Gasteiger partial charge is 0.426 e. The Morgan fingerprint density at radius 2 is 1.04 bits per heavy atom. The fourth-order valence-electron chi connectivity index (χ4n) is 3.17. The molecule has 0 saturated carbocycles. The van der Waals surface area contributed by atoms with Gasteiger partial charge in [0, 0.05) is 0 Å². The molecule has 6 heteroatoms. The van der Waals surface area contributed by atoms with Crippen LogP contribution in [0.1, 0.15) is 123 Å². The van der Waals surface area contributed by atoms with Crippen LogP contribution in [0, 0.1) is 0 Å². The molecular formula is C21H44O5S. The fourth-order valence-corrected chi connectivity index (χ4v) is 3.46. The minimum Gasteiger partial charge on any atom is -0.250 e. The molecule has 0 aromatic rings. The molecule has 0 aromatic heterocycles. The highest BCUT2D eigenvalue weighted by Gasteiger charge is 2.13. The fraction of sp³-hybridized carbons (Fsp3) is 1.00. The zero-order valence-corrected chi connectivity index (χ0v) is 18.9. The Bertz CT molecular complexity index is 397. The third kappa shape index (κ3) is 20.4. The molecule has 1 atom stereocenters. The maximum atomic E-state index is 11.0. The van der Waals surface area contributed by atoms with Crippen LogP contribution >= 0.6 is 0 Å². The highest BCUT2D eigenvalue weighted by Crippen LogP contribution is 2.15. The summed E-state index contributed by atoms with van der Waals surface area (Å²) in [5, 5.41) is 0. The van der Waals surface area contributed by atoms with Gasteiger partial charge in [-0.2, -0.15) is 8.42 Å². The maximum Gasteiger partial charge on any atom is 0.426 e. The SMILES string of the molecule is CCCCCCCCCCCCCCCCCCC(C)OOS(=O)(=O)OC. The molecule has 0 aliphatic heterocycles. The number of rotatable bonds is 21. The Kier molecular flexibility index (Phi) is 19.0. The van der Waals surface area contributed by atoms with Crippen LogP contribution in [0.3, 0.4) is 0 Å². The van der Waals surface area contributed by atoms with Gasteiger partial charge in [0.15, 0.2) is 0 Å². The van der Waals surface area contributed by atoms with E-state index in [2.05, 4.69) is 15.4 Å². The van der Waals surface area contributed by atoms with Crippen LogP contribution in [-0.2, 0) is 23.8 Å². The van der Waals surface area contributed by atoms with Crippen molar-refractivity contribution in [2.75, 3.05) is 7.11 Å². The van der Waals surface area contributed by atoms with E-state index in [1.807, 2.05) is 0 Å². The zero-order valence-electron chi connectivity index (χ0n) is 18.0. The highest BCUT2D eigenvalue weighted by molar-refractivity contribution is 7.81. The summed E-state index contributed by atoms with van der Waals surface area (Å²) in [5.41, 5.74) is 0.